The number of aryl methyl sites for hydroxylation is 1. The highest BCUT2D eigenvalue weighted by molar-refractivity contribution is 5.77. The Labute approximate surface area is 99.2 Å². The summed E-state index contributed by atoms with van der Waals surface area (Å²) < 4.78 is 18.6. The molecule has 0 spiro atoms. The average Bonchev–Trinajstić information content (AvgIpc) is 2.29. The second-order valence-corrected chi connectivity index (χ2v) is 3.68. The van der Waals surface area contributed by atoms with Gasteiger partial charge < -0.3 is 15.6 Å². The van der Waals surface area contributed by atoms with Crippen molar-refractivity contribution >= 4 is 5.97 Å². The molecule has 4 nitrogen and oxygen atoms in total. The summed E-state index contributed by atoms with van der Waals surface area (Å²) in [7, 11) is 1.31. The Bertz CT molecular complexity index is 420. The molecule has 1 aromatic carbocycles. The molecule has 17 heavy (non-hydrogen) atoms. The summed E-state index contributed by atoms with van der Waals surface area (Å²) in [4.78, 5) is 11.1. The number of carboxylic acid groups (broad SMARTS) is 1. The number of halogens is 1. The van der Waals surface area contributed by atoms with Gasteiger partial charge in [0.1, 0.15) is 0 Å². The molecule has 0 aromatic heterocycles. The van der Waals surface area contributed by atoms with E-state index in [1.807, 2.05) is 6.92 Å². The van der Waals surface area contributed by atoms with Crippen LogP contribution in [0.1, 0.15) is 24.0 Å². The molecule has 0 radical (unpaired) electrons. The van der Waals surface area contributed by atoms with Crippen molar-refractivity contribution in [3.63, 3.8) is 0 Å². The standard InChI is InChI=1S/C12H16FNO3/c1-3-7-4-8(9(6-14)12(15)16)11(17-2)10(13)5-7/h4-5,9H,3,6,14H2,1-2H3,(H,15,16). The highest BCUT2D eigenvalue weighted by Gasteiger charge is 2.24. The molecule has 1 atom stereocenters. The molecule has 0 bridgehead atoms. The van der Waals surface area contributed by atoms with Gasteiger partial charge in [0.15, 0.2) is 11.6 Å². The fourth-order valence-electron chi connectivity index (χ4n) is 1.71. The van der Waals surface area contributed by atoms with Crippen LogP contribution in [-0.4, -0.2) is 24.7 Å². The predicted octanol–water partition coefficient (Wildman–Crippen LogP) is 1.52. The molecule has 0 aliphatic carbocycles. The minimum absolute atomic E-state index is 0.0416. The van der Waals surface area contributed by atoms with Crippen LogP contribution in [0.15, 0.2) is 12.1 Å². The first kappa shape index (κ1) is 13.4. The molecular formula is C12H16FNO3. The van der Waals surface area contributed by atoms with E-state index in [0.29, 0.717) is 12.0 Å². The first-order valence-corrected chi connectivity index (χ1v) is 5.34. The number of aliphatic carboxylic acids is 1. The van der Waals surface area contributed by atoms with E-state index >= 15 is 0 Å². The fourth-order valence-corrected chi connectivity index (χ4v) is 1.71. The van der Waals surface area contributed by atoms with Gasteiger partial charge in [-0.25, -0.2) is 4.39 Å². The van der Waals surface area contributed by atoms with Crippen molar-refractivity contribution in [1.29, 1.82) is 0 Å². The zero-order valence-electron chi connectivity index (χ0n) is 9.87. The summed E-state index contributed by atoms with van der Waals surface area (Å²) in [5.74, 6) is -2.63. The lowest BCUT2D eigenvalue weighted by atomic mass is 9.95. The molecule has 0 aliphatic heterocycles. The van der Waals surface area contributed by atoms with Crippen LogP contribution in [0.25, 0.3) is 0 Å². The van der Waals surface area contributed by atoms with Crippen LogP contribution in [-0.2, 0) is 11.2 Å². The quantitative estimate of drug-likeness (QED) is 0.819. The zero-order chi connectivity index (χ0) is 13.0. The van der Waals surface area contributed by atoms with Crippen molar-refractivity contribution in [3.05, 3.63) is 29.1 Å². The third-order valence-electron chi connectivity index (χ3n) is 2.65. The SMILES string of the molecule is CCc1cc(F)c(OC)c(C(CN)C(=O)O)c1. The normalized spacial score (nSPS) is 12.2. The summed E-state index contributed by atoms with van der Waals surface area (Å²) in [5.41, 5.74) is 6.42. The molecular weight excluding hydrogens is 225 g/mol. The Morgan fingerprint density at radius 2 is 2.24 bits per heavy atom. The van der Waals surface area contributed by atoms with Gasteiger partial charge in [0.2, 0.25) is 0 Å². The lowest BCUT2D eigenvalue weighted by molar-refractivity contribution is -0.138. The van der Waals surface area contributed by atoms with Gasteiger partial charge in [0, 0.05) is 12.1 Å². The largest absolute Gasteiger partial charge is 0.493 e. The number of hydrogen-bond donors (Lipinski definition) is 2. The molecule has 0 heterocycles. The average molecular weight is 241 g/mol. The van der Waals surface area contributed by atoms with E-state index in [4.69, 9.17) is 15.6 Å². The van der Waals surface area contributed by atoms with Gasteiger partial charge in [-0.2, -0.15) is 0 Å². The van der Waals surface area contributed by atoms with Gasteiger partial charge in [-0.1, -0.05) is 13.0 Å². The van der Waals surface area contributed by atoms with E-state index in [-0.39, 0.29) is 12.3 Å². The number of hydrogen-bond acceptors (Lipinski definition) is 3. The topological polar surface area (TPSA) is 72.5 Å². The van der Waals surface area contributed by atoms with Gasteiger partial charge in [0.05, 0.1) is 13.0 Å². The number of benzene rings is 1. The van der Waals surface area contributed by atoms with Crippen LogP contribution in [0.4, 0.5) is 4.39 Å². The number of carbonyl (C=O) groups is 1. The van der Waals surface area contributed by atoms with Crippen molar-refractivity contribution in [2.24, 2.45) is 5.73 Å². The number of nitrogens with two attached hydrogens (primary N) is 1. The summed E-state index contributed by atoms with van der Waals surface area (Å²) >= 11 is 0. The highest BCUT2D eigenvalue weighted by Crippen LogP contribution is 2.31. The molecule has 0 saturated carbocycles. The van der Waals surface area contributed by atoms with E-state index in [1.54, 1.807) is 6.07 Å². The number of ether oxygens (including phenoxy) is 1. The smallest absolute Gasteiger partial charge is 0.312 e. The minimum Gasteiger partial charge on any atom is -0.493 e. The van der Waals surface area contributed by atoms with Crippen molar-refractivity contribution in [1.82, 2.24) is 0 Å². The third kappa shape index (κ3) is 2.74. The second-order valence-electron chi connectivity index (χ2n) is 3.68. The summed E-state index contributed by atoms with van der Waals surface area (Å²) in [6.45, 7) is 1.77. The fraction of sp³-hybridized carbons (Fsp3) is 0.417. The monoisotopic (exact) mass is 241 g/mol. The maximum Gasteiger partial charge on any atom is 0.312 e. The van der Waals surface area contributed by atoms with Gasteiger partial charge in [0.25, 0.3) is 0 Å². The molecule has 3 N–H and O–H groups in total. The van der Waals surface area contributed by atoms with Crippen LogP contribution in [0, 0.1) is 5.82 Å². The maximum absolute atomic E-state index is 13.7. The molecule has 0 amide bonds. The first-order chi connectivity index (χ1) is 8.04. The Morgan fingerprint density at radius 1 is 1.59 bits per heavy atom. The van der Waals surface area contributed by atoms with E-state index in [2.05, 4.69) is 0 Å². The lowest BCUT2D eigenvalue weighted by Gasteiger charge is -2.16. The Morgan fingerprint density at radius 3 is 2.65 bits per heavy atom. The molecule has 0 aliphatic rings. The summed E-state index contributed by atoms with van der Waals surface area (Å²) in [6.07, 6.45) is 0.616. The van der Waals surface area contributed by atoms with Crippen molar-refractivity contribution < 1.29 is 19.0 Å². The van der Waals surface area contributed by atoms with Crippen molar-refractivity contribution in [2.75, 3.05) is 13.7 Å². The maximum atomic E-state index is 13.7. The van der Waals surface area contributed by atoms with Crippen LogP contribution < -0.4 is 10.5 Å². The van der Waals surface area contributed by atoms with Gasteiger partial charge in [-0.05, 0) is 18.1 Å². The summed E-state index contributed by atoms with van der Waals surface area (Å²) in [6, 6.07) is 2.98. The number of rotatable bonds is 5. The minimum atomic E-state index is -1.08. The van der Waals surface area contributed by atoms with Gasteiger partial charge >= 0.3 is 5.97 Å². The number of carboxylic acids is 1. The van der Waals surface area contributed by atoms with Crippen LogP contribution in [0.2, 0.25) is 0 Å². The van der Waals surface area contributed by atoms with Crippen LogP contribution in [0.3, 0.4) is 0 Å². The van der Waals surface area contributed by atoms with Crippen molar-refractivity contribution in [3.8, 4) is 5.75 Å². The lowest BCUT2D eigenvalue weighted by Crippen LogP contribution is -2.22. The molecule has 0 saturated heterocycles. The molecule has 1 rings (SSSR count). The highest BCUT2D eigenvalue weighted by atomic mass is 19.1. The van der Waals surface area contributed by atoms with Gasteiger partial charge in [-0.15, -0.1) is 0 Å². The molecule has 1 aromatic rings. The van der Waals surface area contributed by atoms with Crippen molar-refractivity contribution in [2.45, 2.75) is 19.3 Å². The first-order valence-electron chi connectivity index (χ1n) is 5.34. The number of methoxy groups -OCH3 is 1. The third-order valence-corrected chi connectivity index (χ3v) is 2.65. The molecule has 5 heteroatoms. The Kier molecular flexibility index (Phi) is 4.45. The molecule has 0 fully saturated rings. The van der Waals surface area contributed by atoms with E-state index in [9.17, 15) is 9.18 Å². The zero-order valence-corrected chi connectivity index (χ0v) is 9.87. The second kappa shape index (κ2) is 5.63. The van der Waals surface area contributed by atoms with E-state index in [1.165, 1.54) is 13.2 Å². The Hall–Kier alpha value is -1.62. The van der Waals surface area contributed by atoms with Gasteiger partial charge in [-0.3, -0.25) is 4.79 Å². The van der Waals surface area contributed by atoms with Crippen LogP contribution in [0.5, 0.6) is 5.75 Å². The molecule has 94 valence electrons. The van der Waals surface area contributed by atoms with Crippen LogP contribution >= 0.6 is 0 Å². The van der Waals surface area contributed by atoms with E-state index < -0.39 is 17.7 Å². The van der Waals surface area contributed by atoms with E-state index in [0.717, 1.165) is 5.56 Å². The molecule has 1 unspecified atom stereocenters. The Balaban J connectivity index is 3.36. The predicted molar refractivity (Wildman–Crippen MR) is 61.8 cm³/mol. The summed E-state index contributed by atoms with van der Waals surface area (Å²) in [5, 5.41) is 9.04.